The predicted molar refractivity (Wildman–Crippen MR) is 165 cm³/mol. The lowest BCUT2D eigenvalue weighted by Gasteiger charge is -2.22. The minimum absolute atomic E-state index is 0.0370. The van der Waals surface area contributed by atoms with Gasteiger partial charge in [-0.05, 0) is 93.0 Å². The molecule has 0 spiro atoms. The Morgan fingerprint density at radius 3 is 2.34 bits per heavy atom. The van der Waals surface area contributed by atoms with Gasteiger partial charge in [0.1, 0.15) is 5.75 Å². The van der Waals surface area contributed by atoms with Crippen LogP contribution >= 0.6 is 0 Å². The molecule has 0 radical (unpaired) electrons. The number of hydrogen-bond acceptors (Lipinski definition) is 3. The van der Waals surface area contributed by atoms with Crippen LogP contribution in [-0.4, -0.2) is 27.2 Å². The third-order valence-corrected chi connectivity index (χ3v) is 7.80. The number of carboxylic acids is 1. The third-order valence-electron chi connectivity index (χ3n) is 7.80. The van der Waals surface area contributed by atoms with Crippen molar-refractivity contribution < 1.29 is 19.4 Å². The quantitative estimate of drug-likeness (QED) is 0.223. The van der Waals surface area contributed by atoms with Crippen molar-refractivity contribution in [1.29, 1.82) is 0 Å². The standard InChI is InChI=1S/C35H42N2O4/c1-9-37-23(3)30(19-24-12-10-15-28(18-24)41-35(7,8)33(39)40)29-17-16-26(21-31(29)37)32(38)36-22(2)25-13-11-14-27(20-25)34(4,5)6/h10-18,20-22H,9,19H2,1-8H3,(H,36,38)(H,39,40)/t22-/m0/s1. The lowest BCUT2D eigenvalue weighted by molar-refractivity contribution is -0.152. The van der Waals surface area contributed by atoms with E-state index in [1.807, 2.05) is 43.3 Å². The number of rotatable bonds is 9. The van der Waals surface area contributed by atoms with Crippen molar-refractivity contribution in [2.75, 3.05) is 0 Å². The van der Waals surface area contributed by atoms with Gasteiger partial charge < -0.3 is 19.7 Å². The molecule has 41 heavy (non-hydrogen) atoms. The molecular formula is C35H42N2O4. The summed E-state index contributed by atoms with van der Waals surface area (Å²) in [5, 5.41) is 13.7. The van der Waals surface area contributed by atoms with Gasteiger partial charge in [0.05, 0.1) is 6.04 Å². The number of aryl methyl sites for hydroxylation is 1. The van der Waals surface area contributed by atoms with Gasteiger partial charge in [-0.3, -0.25) is 4.79 Å². The number of aliphatic carboxylic acids is 1. The fourth-order valence-electron chi connectivity index (χ4n) is 5.22. The number of nitrogens with zero attached hydrogens (tertiary/aromatic N) is 1. The number of carbonyl (C=O) groups is 2. The molecule has 4 rings (SSSR count). The van der Waals surface area contributed by atoms with Crippen LogP contribution in [0.25, 0.3) is 10.9 Å². The van der Waals surface area contributed by atoms with Crippen LogP contribution in [0.3, 0.4) is 0 Å². The molecule has 3 aromatic carbocycles. The number of amides is 1. The van der Waals surface area contributed by atoms with E-state index in [1.165, 1.54) is 11.1 Å². The summed E-state index contributed by atoms with van der Waals surface area (Å²) in [6.45, 7) is 16.7. The Kier molecular flexibility index (Phi) is 8.34. The summed E-state index contributed by atoms with van der Waals surface area (Å²) in [5.74, 6) is -0.597. The molecule has 0 fully saturated rings. The van der Waals surface area contributed by atoms with Gasteiger partial charge in [0.2, 0.25) is 0 Å². The summed E-state index contributed by atoms with van der Waals surface area (Å²) >= 11 is 0. The number of ether oxygens (including phenoxy) is 1. The molecule has 0 aliphatic carbocycles. The smallest absolute Gasteiger partial charge is 0.347 e. The zero-order chi connectivity index (χ0) is 30.1. The SMILES string of the molecule is CCn1c(C)c(Cc2cccc(OC(C)(C)C(=O)O)c2)c2ccc(C(=O)N[C@@H](C)c3cccc(C(C)(C)C)c3)cc21. The van der Waals surface area contributed by atoms with Crippen LogP contribution in [0.2, 0.25) is 0 Å². The molecule has 1 aromatic heterocycles. The Hall–Kier alpha value is -4.06. The second-order valence-electron chi connectivity index (χ2n) is 12.4. The molecule has 1 heterocycles. The first kappa shape index (κ1) is 29.9. The van der Waals surface area contributed by atoms with Crippen molar-refractivity contribution in [2.24, 2.45) is 0 Å². The van der Waals surface area contributed by atoms with Crippen molar-refractivity contribution in [2.45, 2.75) is 85.4 Å². The van der Waals surface area contributed by atoms with Crippen LogP contribution in [0.4, 0.5) is 0 Å². The van der Waals surface area contributed by atoms with Crippen molar-refractivity contribution in [3.8, 4) is 5.75 Å². The fourth-order valence-corrected chi connectivity index (χ4v) is 5.22. The van der Waals surface area contributed by atoms with Gasteiger partial charge >= 0.3 is 5.97 Å². The Balaban J connectivity index is 1.60. The van der Waals surface area contributed by atoms with Gasteiger partial charge in [0, 0.05) is 28.7 Å². The van der Waals surface area contributed by atoms with Crippen molar-refractivity contribution in [3.05, 3.63) is 100 Å². The minimum Gasteiger partial charge on any atom is -0.478 e. The molecule has 216 valence electrons. The highest BCUT2D eigenvalue weighted by molar-refractivity contribution is 5.99. The summed E-state index contributed by atoms with van der Waals surface area (Å²) in [6, 6.07) is 21.8. The van der Waals surface area contributed by atoms with E-state index in [0.717, 1.165) is 34.3 Å². The van der Waals surface area contributed by atoms with E-state index in [-0.39, 0.29) is 17.4 Å². The van der Waals surface area contributed by atoms with Gasteiger partial charge in [0.15, 0.2) is 5.60 Å². The third kappa shape index (κ3) is 6.48. The van der Waals surface area contributed by atoms with Crippen molar-refractivity contribution in [1.82, 2.24) is 9.88 Å². The number of carboxylic acid groups (broad SMARTS) is 1. The molecule has 1 atom stereocenters. The Morgan fingerprint density at radius 2 is 1.68 bits per heavy atom. The molecule has 6 nitrogen and oxygen atoms in total. The number of benzene rings is 3. The van der Waals surface area contributed by atoms with E-state index in [4.69, 9.17) is 4.74 Å². The Bertz CT molecular complexity index is 1590. The largest absolute Gasteiger partial charge is 0.478 e. The first-order valence-corrected chi connectivity index (χ1v) is 14.3. The maximum Gasteiger partial charge on any atom is 0.347 e. The van der Waals surface area contributed by atoms with E-state index < -0.39 is 11.6 Å². The molecule has 0 saturated heterocycles. The molecule has 0 aliphatic heterocycles. The second kappa shape index (κ2) is 11.4. The molecule has 1 amide bonds. The molecule has 6 heteroatoms. The highest BCUT2D eigenvalue weighted by atomic mass is 16.5. The number of fused-ring (bicyclic) bond motifs is 1. The summed E-state index contributed by atoms with van der Waals surface area (Å²) in [5.41, 5.74) is 6.03. The second-order valence-corrected chi connectivity index (χ2v) is 12.4. The molecule has 0 bridgehead atoms. The molecule has 0 saturated carbocycles. The minimum atomic E-state index is -1.32. The number of nitrogens with one attached hydrogen (secondary N) is 1. The van der Waals surface area contributed by atoms with Crippen LogP contribution in [0.5, 0.6) is 5.75 Å². The van der Waals surface area contributed by atoms with E-state index in [2.05, 4.69) is 68.8 Å². The van der Waals surface area contributed by atoms with Crippen LogP contribution in [0, 0.1) is 6.92 Å². The maximum absolute atomic E-state index is 13.4. The fraction of sp³-hybridized carbons (Fsp3) is 0.371. The Labute approximate surface area is 243 Å². The van der Waals surface area contributed by atoms with Gasteiger partial charge in [-0.25, -0.2) is 4.79 Å². The zero-order valence-electron chi connectivity index (χ0n) is 25.5. The summed E-state index contributed by atoms with van der Waals surface area (Å²) in [6.07, 6.45) is 0.659. The number of aromatic nitrogens is 1. The van der Waals surface area contributed by atoms with Gasteiger partial charge in [-0.2, -0.15) is 0 Å². The van der Waals surface area contributed by atoms with Crippen molar-refractivity contribution in [3.63, 3.8) is 0 Å². The zero-order valence-corrected chi connectivity index (χ0v) is 25.5. The summed E-state index contributed by atoms with van der Waals surface area (Å²) < 4.78 is 8.01. The average Bonchev–Trinajstić information content (AvgIpc) is 3.17. The van der Waals surface area contributed by atoms with Crippen LogP contribution in [0.1, 0.15) is 92.8 Å². The maximum atomic E-state index is 13.4. The van der Waals surface area contributed by atoms with Gasteiger partial charge in [0.25, 0.3) is 5.91 Å². The lowest BCUT2D eigenvalue weighted by Crippen LogP contribution is -2.37. The molecule has 2 N–H and O–H groups in total. The number of carbonyl (C=O) groups excluding carboxylic acids is 1. The molecule has 4 aromatic rings. The summed E-state index contributed by atoms with van der Waals surface area (Å²) in [7, 11) is 0. The van der Waals surface area contributed by atoms with E-state index >= 15 is 0 Å². The highest BCUT2D eigenvalue weighted by Gasteiger charge is 2.29. The normalized spacial score (nSPS) is 12.8. The van der Waals surface area contributed by atoms with Crippen LogP contribution < -0.4 is 10.1 Å². The first-order chi connectivity index (χ1) is 19.2. The highest BCUT2D eigenvalue weighted by Crippen LogP contribution is 2.31. The topological polar surface area (TPSA) is 80.6 Å². The molecule has 0 aliphatic rings. The van der Waals surface area contributed by atoms with Gasteiger partial charge in [-0.15, -0.1) is 0 Å². The number of hydrogen-bond donors (Lipinski definition) is 2. The van der Waals surface area contributed by atoms with Crippen LogP contribution in [-0.2, 0) is 23.2 Å². The average molecular weight is 555 g/mol. The van der Waals surface area contributed by atoms with Crippen molar-refractivity contribution >= 4 is 22.8 Å². The monoisotopic (exact) mass is 554 g/mol. The lowest BCUT2D eigenvalue weighted by atomic mass is 9.85. The van der Waals surface area contributed by atoms with Crippen LogP contribution in [0.15, 0.2) is 66.7 Å². The van der Waals surface area contributed by atoms with E-state index in [0.29, 0.717) is 17.7 Å². The summed E-state index contributed by atoms with van der Waals surface area (Å²) in [4.78, 5) is 24.9. The molecule has 0 unspecified atom stereocenters. The Morgan fingerprint density at radius 1 is 0.976 bits per heavy atom. The first-order valence-electron chi connectivity index (χ1n) is 14.3. The van der Waals surface area contributed by atoms with E-state index in [9.17, 15) is 14.7 Å². The predicted octanol–water partition coefficient (Wildman–Crippen LogP) is 7.59. The van der Waals surface area contributed by atoms with Gasteiger partial charge in [-0.1, -0.05) is 63.2 Å². The van der Waals surface area contributed by atoms with E-state index in [1.54, 1.807) is 19.9 Å². The molecular weight excluding hydrogens is 512 g/mol.